The molecule has 0 fully saturated rings. The predicted molar refractivity (Wildman–Crippen MR) is 44.0 cm³/mol. The third-order valence-electron chi connectivity index (χ3n) is 1.40. The molecule has 0 rings (SSSR count). The summed E-state index contributed by atoms with van der Waals surface area (Å²) in [4.78, 5) is 0. The monoisotopic (exact) mass is 156 g/mol. The highest BCUT2D eigenvalue weighted by Crippen LogP contribution is 1.90. The molecule has 0 spiro atoms. The lowest BCUT2D eigenvalue weighted by Crippen LogP contribution is -2.19. The molecule has 0 aromatic carbocycles. The molecule has 0 radical (unpaired) electrons. The summed E-state index contributed by atoms with van der Waals surface area (Å²) < 4.78 is 4.48. The van der Waals surface area contributed by atoms with E-state index in [1.807, 2.05) is 0 Å². The van der Waals surface area contributed by atoms with E-state index < -0.39 is 0 Å². The number of ether oxygens (including phenoxy) is 1. The van der Waals surface area contributed by atoms with E-state index in [0.717, 1.165) is 13.1 Å². The first-order valence-electron chi connectivity index (χ1n) is 4.13. The fourth-order valence-corrected chi connectivity index (χ4v) is 0.794. The summed E-state index contributed by atoms with van der Waals surface area (Å²) >= 11 is 0. The summed E-state index contributed by atoms with van der Waals surface area (Å²) in [6.07, 6.45) is 5.36. The maximum absolute atomic E-state index is 8.01. The van der Waals surface area contributed by atoms with Crippen molar-refractivity contribution in [1.82, 2.24) is 5.32 Å². The molecule has 0 atom stereocenters. The lowest BCUT2D eigenvalue weighted by Gasteiger charge is -2.01. The zero-order chi connectivity index (χ0) is 8.36. The first-order chi connectivity index (χ1) is 5.41. The van der Waals surface area contributed by atoms with E-state index in [4.69, 9.17) is 5.26 Å². The van der Waals surface area contributed by atoms with Crippen LogP contribution in [0.25, 0.3) is 0 Å². The van der Waals surface area contributed by atoms with Gasteiger partial charge in [-0.05, 0) is 13.0 Å². The highest BCUT2D eigenvalue weighted by atomic mass is 16.5. The summed E-state index contributed by atoms with van der Waals surface area (Å²) in [6, 6.07) is 0. The van der Waals surface area contributed by atoms with Crippen LogP contribution < -0.4 is 5.32 Å². The van der Waals surface area contributed by atoms with Gasteiger partial charge in [0.2, 0.25) is 0 Å². The molecule has 0 amide bonds. The zero-order valence-electron chi connectivity index (χ0n) is 7.10. The zero-order valence-corrected chi connectivity index (χ0v) is 7.10. The maximum Gasteiger partial charge on any atom is 0.286 e. The van der Waals surface area contributed by atoms with Crippen LogP contribution in [-0.4, -0.2) is 19.7 Å². The maximum atomic E-state index is 8.01. The summed E-state index contributed by atoms with van der Waals surface area (Å²) in [6.45, 7) is 4.47. The number of hydrogen-bond donors (Lipinski definition) is 1. The van der Waals surface area contributed by atoms with Crippen molar-refractivity contribution < 1.29 is 4.74 Å². The van der Waals surface area contributed by atoms with Crippen LogP contribution in [0.3, 0.4) is 0 Å². The Morgan fingerprint density at radius 1 is 1.36 bits per heavy atom. The van der Waals surface area contributed by atoms with Crippen LogP contribution >= 0.6 is 0 Å². The summed E-state index contributed by atoms with van der Waals surface area (Å²) in [5.41, 5.74) is 0. The second kappa shape index (κ2) is 9.25. The Bertz CT molecular complexity index is 109. The SMILES string of the molecule is CCCCCNCCOC#N. The minimum Gasteiger partial charge on any atom is -0.426 e. The van der Waals surface area contributed by atoms with Gasteiger partial charge in [0.05, 0.1) is 0 Å². The van der Waals surface area contributed by atoms with Crippen LogP contribution in [0.1, 0.15) is 26.2 Å². The van der Waals surface area contributed by atoms with Crippen LogP contribution in [0, 0.1) is 11.5 Å². The number of hydrogen-bond acceptors (Lipinski definition) is 3. The van der Waals surface area contributed by atoms with Crippen molar-refractivity contribution in [3.05, 3.63) is 0 Å². The van der Waals surface area contributed by atoms with Crippen molar-refractivity contribution in [1.29, 1.82) is 5.26 Å². The van der Waals surface area contributed by atoms with Gasteiger partial charge in [0.1, 0.15) is 6.61 Å². The lowest BCUT2D eigenvalue weighted by atomic mass is 10.2. The van der Waals surface area contributed by atoms with Gasteiger partial charge < -0.3 is 10.1 Å². The number of nitriles is 1. The fraction of sp³-hybridized carbons (Fsp3) is 0.875. The van der Waals surface area contributed by atoms with Crippen molar-refractivity contribution >= 4 is 0 Å². The van der Waals surface area contributed by atoms with Gasteiger partial charge in [-0.1, -0.05) is 19.8 Å². The molecule has 0 bridgehead atoms. The molecular weight excluding hydrogens is 140 g/mol. The van der Waals surface area contributed by atoms with E-state index in [9.17, 15) is 0 Å². The average Bonchev–Trinajstić information content (AvgIpc) is 2.03. The largest absolute Gasteiger partial charge is 0.426 e. The van der Waals surface area contributed by atoms with Crippen LogP contribution in [0.2, 0.25) is 0 Å². The molecule has 3 heteroatoms. The van der Waals surface area contributed by atoms with Gasteiger partial charge in [0.15, 0.2) is 0 Å². The number of rotatable bonds is 7. The minimum atomic E-state index is 0.489. The number of nitrogens with zero attached hydrogens (tertiary/aromatic N) is 1. The lowest BCUT2D eigenvalue weighted by molar-refractivity contribution is 0.269. The smallest absolute Gasteiger partial charge is 0.286 e. The van der Waals surface area contributed by atoms with Crippen LogP contribution in [0.5, 0.6) is 0 Å². The quantitative estimate of drug-likeness (QED) is 0.446. The molecule has 11 heavy (non-hydrogen) atoms. The molecule has 1 N–H and O–H groups in total. The third kappa shape index (κ3) is 9.25. The summed E-state index contributed by atoms with van der Waals surface area (Å²) in [5, 5.41) is 11.2. The van der Waals surface area contributed by atoms with Crippen molar-refractivity contribution in [3.63, 3.8) is 0 Å². The van der Waals surface area contributed by atoms with Gasteiger partial charge in [-0.15, -0.1) is 0 Å². The van der Waals surface area contributed by atoms with E-state index in [0.29, 0.717) is 6.61 Å². The summed E-state index contributed by atoms with van der Waals surface area (Å²) in [5.74, 6) is 0. The Hall–Kier alpha value is -0.750. The number of unbranched alkanes of at least 4 members (excludes halogenated alkanes) is 2. The van der Waals surface area contributed by atoms with Crippen LogP contribution in [0.4, 0.5) is 0 Å². The predicted octanol–water partition coefficient (Wildman–Crippen LogP) is 1.26. The van der Waals surface area contributed by atoms with Gasteiger partial charge >= 0.3 is 0 Å². The Morgan fingerprint density at radius 2 is 2.18 bits per heavy atom. The molecule has 0 aromatic heterocycles. The Labute approximate surface area is 68.3 Å². The van der Waals surface area contributed by atoms with Crippen LogP contribution in [0.15, 0.2) is 0 Å². The van der Waals surface area contributed by atoms with E-state index in [2.05, 4.69) is 17.0 Å². The highest BCUT2D eigenvalue weighted by Gasteiger charge is 1.86. The third-order valence-corrected chi connectivity index (χ3v) is 1.40. The second-order valence-corrected chi connectivity index (χ2v) is 2.40. The van der Waals surface area contributed by atoms with E-state index >= 15 is 0 Å². The Kier molecular flexibility index (Phi) is 8.62. The topological polar surface area (TPSA) is 45.0 Å². The van der Waals surface area contributed by atoms with E-state index in [1.165, 1.54) is 19.3 Å². The fourth-order valence-electron chi connectivity index (χ4n) is 0.794. The van der Waals surface area contributed by atoms with Gasteiger partial charge in [0.25, 0.3) is 6.26 Å². The molecule has 64 valence electrons. The Morgan fingerprint density at radius 3 is 2.82 bits per heavy atom. The molecule has 0 aromatic rings. The van der Waals surface area contributed by atoms with E-state index in [1.54, 1.807) is 6.26 Å². The second-order valence-electron chi connectivity index (χ2n) is 2.40. The Balaban J connectivity index is 2.75. The molecule has 0 aliphatic carbocycles. The standard InChI is InChI=1S/C8H16N2O/c1-2-3-4-5-10-6-7-11-8-9/h10H,2-7H2,1H3. The van der Waals surface area contributed by atoms with Gasteiger partial charge in [-0.3, -0.25) is 0 Å². The molecule has 0 saturated heterocycles. The average molecular weight is 156 g/mol. The molecule has 0 aliphatic rings. The van der Waals surface area contributed by atoms with Crippen LogP contribution in [-0.2, 0) is 4.74 Å². The van der Waals surface area contributed by atoms with Crippen molar-refractivity contribution in [2.45, 2.75) is 26.2 Å². The van der Waals surface area contributed by atoms with E-state index in [-0.39, 0.29) is 0 Å². The molecule has 0 heterocycles. The number of nitrogens with one attached hydrogen (secondary N) is 1. The first kappa shape index (κ1) is 10.2. The molecule has 0 saturated carbocycles. The highest BCUT2D eigenvalue weighted by molar-refractivity contribution is 4.51. The van der Waals surface area contributed by atoms with Gasteiger partial charge in [0, 0.05) is 6.54 Å². The normalized spacial score (nSPS) is 9.09. The first-order valence-corrected chi connectivity index (χ1v) is 4.13. The molecule has 3 nitrogen and oxygen atoms in total. The van der Waals surface area contributed by atoms with Gasteiger partial charge in [-0.2, -0.15) is 5.26 Å². The van der Waals surface area contributed by atoms with Crippen molar-refractivity contribution in [2.24, 2.45) is 0 Å². The van der Waals surface area contributed by atoms with Crippen molar-refractivity contribution in [2.75, 3.05) is 19.7 Å². The molecule has 0 unspecified atom stereocenters. The van der Waals surface area contributed by atoms with Gasteiger partial charge in [-0.25, -0.2) is 0 Å². The molecule has 0 aliphatic heterocycles. The minimum absolute atomic E-state index is 0.489. The summed E-state index contributed by atoms with van der Waals surface area (Å²) in [7, 11) is 0. The van der Waals surface area contributed by atoms with Crippen molar-refractivity contribution in [3.8, 4) is 6.26 Å². The molecular formula is C8H16N2O.